The molecule has 4 heterocycles. The van der Waals surface area contributed by atoms with E-state index in [1.807, 2.05) is 18.2 Å². The van der Waals surface area contributed by atoms with E-state index in [0.717, 1.165) is 30.6 Å². The molecule has 2 aliphatic rings. The fourth-order valence-electron chi connectivity index (χ4n) is 4.24. The first-order valence-electron chi connectivity index (χ1n) is 10.2. The lowest BCUT2D eigenvalue weighted by Gasteiger charge is -2.35. The molecule has 1 fully saturated rings. The molecule has 0 bridgehead atoms. The van der Waals surface area contributed by atoms with Gasteiger partial charge in [-0.25, -0.2) is 18.4 Å². The molecule has 32 heavy (non-hydrogen) atoms. The number of halogens is 1. The van der Waals surface area contributed by atoms with Crippen LogP contribution >= 0.6 is 22.9 Å². The fraction of sp³-hybridized carbons (Fsp3) is 0.286. The van der Waals surface area contributed by atoms with E-state index in [4.69, 9.17) is 11.6 Å². The molecule has 8 nitrogen and oxygen atoms in total. The molecule has 0 radical (unpaired) electrons. The number of aromatic nitrogens is 2. The van der Waals surface area contributed by atoms with E-state index < -0.39 is 10.0 Å². The highest BCUT2D eigenvalue weighted by Gasteiger charge is 2.38. The second-order valence-electron chi connectivity index (χ2n) is 7.66. The first-order chi connectivity index (χ1) is 15.4. The van der Waals surface area contributed by atoms with E-state index in [1.165, 1.54) is 29.8 Å². The van der Waals surface area contributed by atoms with Crippen molar-refractivity contribution in [3.63, 3.8) is 0 Å². The first-order valence-corrected chi connectivity index (χ1v) is 12.9. The number of fused-ring (bicyclic) bond motifs is 1. The van der Waals surface area contributed by atoms with Crippen LogP contribution in [0.5, 0.6) is 0 Å². The summed E-state index contributed by atoms with van der Waals surface area (Å²) in [4.78, 5) is 25.3. The van der Waals surface area contributed by atoms with Crippen LogP contribution in [0.2, 0.25) is 5.02 Å². The molecule has 166 valence electrons. The normalized spacial score (nSPS) is 18.7. The summed E-state index contributed by atoms with van der Waals surface area (Å²) in [5, 5.41) is 2.67. The van der Waals surface area contributed by atoms with Gasteiger partial charge in [0.05, 0.1) is 0 Å². The summed E-state index contributed by atoms with van der Waals surface area (Å²) >= 11 is 7.34. The number of nitrogens with one attached hydrogen (secondary N) is 1. The third kappa shape index (κ3) is 3.94. The SMILES string of the molecule is O=C1[C@@H](N2CCCc3cc(Cl)ccc32)CCN1c1ccc(S(=O)(=O)Nc2nccs2)cn1. The van der Waals surface area contributed by atoms with Crippen molar-refractivity contribution in [2.75, 3.05) is 27.6 Å². The molecule has 1 atom stereocenters. The Morgan fingerprint density at radius 1 is 1.16 bits per heavy atom. The number of hydrogen-bond donors (Lipinski definition) is 1. The number of pyridine rings is 1. The molecule has 0 spiro atoms. The maximum Gasteiger partial charge on any atom is 0.265 e. The highest BCUT2D eigenvalue weighted by atomic mass is 35.5. The van der Waals surface area contributed by atoms with Crippen molar-refractivity contribution in [2.24, 2.45) is 0 Å². The Hall–Kier alpha value is -2.69. The van der Waals surface area contributed by atoms with Crippen molar-refractivity contribution in [3.8, 4) is 0 Å². The zero-order valence-corrected chi connectivity index (χ0v) is 19.3. The number of hydrogen-bond acceptors (Lipinski definition) is 7. The standard InChI is InChI=1S/C21H20ClN5O3S2/c22-15-3-5-17-14(12-15)2-1-9-26(17)18-7-10-27(20(18)28)19-6-4-16(13-24-19)32(29,30)25-21-23-8-11-31-21/h3-6,8,11-13,18H,1-2,7,9-10H2,(H,23,25)/t18-/m0/s1. The van der Waals surface area contributed by atoms with E-state index in [0.29, 0.717) is 23.8 Å². The minimum Gasteiger partial charge on any atom is -0.359 e. The van der Waals surface area contributed by atoms with Gasteiger partial charge in [-0.2, -0.15) is 0 Å². The summed E-state index contributed by atoms with van der Waals surface area (Å²) in [6, 6.07) is 8.57. The number of anilines is 3. The quantitative estimate of drug-likeness (QED) is 0.588. The molecule has 2 aromatic heterocycles. The zero-order chi connectivity index (χ0) is 22.3. The Bertz CT molecular complexity index is 1250. The summed E-state index contributed by atoms with van der Waals surface area (Å²) in [6.45, 7) is 1.34. The van der Waals surface area contributed by atoms with E-state index in [1.54, 1.807) is 16.3 Å². The summed E-state index contributed by atoms with van der Waals surface area (Å²) < 4.78 is 27.4. The third-order valence-corrected chi connectivity index (χ3v) is 8.09. The van der Waals surface area contributed by atoms with Crippen LogP contribution in [0.4, 0.5) is 16.6 Å². The number of carbonyl (C=O) groups excluding carboxylic acids is 1. The van der Waals surface area contributed by atoms with Crippen LogP contribution in [0.15, 0.2) is 53.0 Å². The van der Waals surface area contributed by atoms with Crippen LogP contribution in [0.3, 0.4) is 0 Å². The highest BCUT2D eigenvalue weighted by molar-refractivity contribution is 7.93. The number of sulfonamides is 1. The smallest absolute Gasteiger partial charge is 0.265 e. The number of aryl methyl sites for hydroxylation is 1. The van der Waals surface area contributed by atoms with E-state index in [2.05, 4.69) is 19.6 Å². The van der Waals surface area contributed by atoms with Crippen molar-refractivity contribution in [1.82, 2.24) is 9.97 Å². The molecule has 1 aromatic carbocycles. The second kappa shape index (κ2) is 8.34. The third-order valence-electron chi connectivity index (χ3n) is 5.71. The van der Waals surface area contributed by atoms with Crippen LogP contribution in [-0.2, 0) is 21.2 Å². The van der Waals surface area contributed by atoms with Gasteiger partial charge in [-0.3, -0.25) is 14.4 Å². The van der Waals surface area contributed by atoms with Crippen molar-refractivity contribution in [2.45, 2.75) is 30.2 Å². The van der Waals surface area contributed by atoms with Gasteiger partial charge in [-0.05, 0) is 55.2 Å². The molecule has 1 saturated heterocycles. The topological polar surface area (TPSA) is 95.5 Å². The Balaban J connectivity index is 1.34. The van der Waals surface area contributed by atoms with Crippen LogP contribution in [0.1, 0.15) is 18.4 Å². The minimum atomic E-state index is -3.79. The van der Waals surface area contributed by atoms with Crippen LogP contribution in [-0.4, -0.2) is 43.4 Å². The van der Waals surface area contributed by atoms with Gasteiger partial charge in [0.25, 0.3) is 15.9 Å². The van der Waals surface area contributed by atoms with Crippen LogP contribution < -0.4 is 14.5 Å². The lowest BCUT2D eigenvalue weighted by Crippen LogP contribution is -2.44. The van der Waals surface area contributed by atoms with E-state index >= 15 is 0 Å². The number of benzene rings is 1. The minimum absolute atomic E-state index is 0.0153. The number of amides is 1. The summed E-state index contributed by atoms with van der Waals surface area (Å²) in [5.41, 5.74) is 2.22. The second-order valence-corrected chi connectivity index (χ2v) is 10.7. The average molecular weight is 490 g/mol. The van der Waals surface area contributed by atoms with Gasteiger partial charge < -0.3 is 4.90 Å². The van der Waals surface area contributed by atoms with E-state index in [9.17, 15) is 13.2 Å². The molecule has 5 rings (SSSR count). The summed E-state index contributed by atoms with van der Waals surface area (Å²) in [6.07, 6.45) is 5.38. The van der Waals surface area contributed by atoms with E-state index in [-0.39, 0.29) is 22.0 Å². The van der Waals surface area contributed by atoms with Gasteiger partial charge >= 0.3 is 0 Å². The number of carbonyl (C=O) groups is 1. The number of rotatable bonds is 5. The van der Waals surface area contributed by atoms with Gasteiger partial charge in [-0.1, -0.05) is 11.6 Å². The summed E-state index contributed by atoms with van der Waals surface area (Å²) in [5.74, 6) is 0.413. The van der Waals surface area contributed by atoms with Gasteiger partial charge in [0.2, 0.25) is 0 Å². The largest absolute Gasteiger partial charge is 0.359 e. The molecular formula is C21H20ClN5O3S2. The maximum absolute atomic E-state index is 13.3. The molecule has 2 aliphatic heterocycles. The molecule has 3 aromatic rings. The zero-order valence-electron chi connectivity index (χ0n) is 16.9. The molecule has 1 N–H and O–H groups in total. The lowest BCUT2D eigenvalue weighted by atomic mass is 9.99. The van der Waals surface area contributed by atoms with Crippen molar-refractivity contribution >= 4 is 55.5 Å². The number of nitrogens with zero attached hydrogens (tertiary/aromatic N) is 4. The monoisotopic (exact) mass is 489 g/mol. The van der Waals surface area contributed by atoms with Crippen molar-refractivity contribution in [1.29, 1.82) is 0 Å². The lowest BCUT2D eigenvalue weighted by molar-refractivity contribution is -0.118. The van der Waals surface area contributed by atoms with Crippen LogP contribution in [0.25, 0.3) is 0 Å². The fourth-order valence-corrected chi connectivity index (χ4v) is 6.17. The van der Waals surface area contributed by atoms with Gasteiger partial charge in [0.15, 0.2) is 5.13 Å². The Labute approximate surface area is 194 Å². The molecule has 0 saturated carbocycles. The predicted molar refractivity (Wildman–Crippen MR) is 125 cm³/mol. The maximum atomic E-state index is 13.3. The summed E-state index contributed by atoms with van der Waals surface area (Å²) in [7, 11) is -3.79. The average Bonchev–Trinajstić information content (AvgIpc) is 3.42. The molecular weight excluding hydrogens is 470 g/mol. The Morgan fingerprint density at radius 2 is 2.03 bits per heavy atom. The molecule has 11 heteroatoms. The number of thiazole rings is 1. The van der Waals surface area contributed by atoms with Gasteiger partial charge in [0.1, 0.15) is 16.8 Å². The molecule has 1 amide bonds. The Morgan fingerprint density at radius 3 is 2.78 bits per heavy atom. The molecule has 0 unspecified atom stereocenters. The Kier molecular flexibility index (Phi) is 5.52. The van der Waals surface area contributed by atoms with Gasteiger partial charge in [-0.15, -0.1) is 11.3 Å². The van der Waals surface area contributed by atoms with Crippen molar-refractivity contribution < 1.29 is 13.2 Å². The van der Waals surface area contributed by atoms with Gasteiger partial charge in [0, 0.05) is 41.6 Å². The highest BCUT2D eigenvalue weighted by Crippen LogP contribution is 2.34. The van der Waals surface area contributed by atoms with Crippen LogP contribution in [0, 0.1) is 0 Å². The predicted octanol–water partition coefficient (Wildman–Crippen LogP) is 3.55. The molecule has 0 aliphatic carbocycles. The first kappa shape index (κ1) is 21.2. The van der Waals surface area contributed by atoms with Crippen molar-refractivity contribution in [3.05, 3.63) is 58.7 Å².